The zero-order valence-corrected chi connectivity index (χ0v) is 8.19. The van der Waals surface area contributed by atoms with E-state index in [1.54, 1.807) is 13.0 Å². The predicted molar refractivity (Wildman–Crippen MR) is 55.2 cm³/mol. The molecule has 0 aliphatic carbocycles. The maximum Gasteiger partial charge on any atom is 0.311 e. The van der Waals surface area contributed by atoms with Crippen molar-refractivity contribution in [1.82, 2.24) is 0 Å². The molecule has 0 saturated heterocycles. The van der Waals surface area contributed by atoms with E-state index in [2.05, 4.69) is 0 Å². The molecule has 1 rings (SSSR count). The van der Waals surface area contributed by atoms with Crippen molar-refractivity contribution in [2.45, 2.75) is 6.92 Å². The molecule has 15 heavy (non-hydrogen) atoms. The Labute approximate surface area is 86.3 Å². The van der Waals surface area contributed by atoms with Crippen LogP contribution in [0, 0.1) is 22.4 Å². The zero-order valence-electron chi connectivity index (χ0n) is 8.19. The minimum atomic E-state index is -0.525. The van der Waals surface area contributed by atoms with E-state index >= 15 is 0 Å². The Morgan fingerprint density at radius 3 is 2.87 bits per heavy atom. The number of hydrogen-bond donors (Lipinski definition) is 2. The van der Waals surface area contributed by atoms with Crippen molar-refractivity contribution in [3.8, 4) is 5.75 Å². The molecular formula is C9H11N3O3. The van der Waals surface area contributed by atoms with Crippen molar-refractivity contribution in [2.24, 2.45) is 5.73 Å². The van der Waals surface area contributed by atoms with E-state index in [9.17, 15) is 10.1 Å². The van der Waals surface area contributed by atoms with Crippen molar-refractivity contribution >= 4 is 11.5 Å². The van der Waals surface area contributed by atoms with Crippen LogP contribution in [0.1, 0.15) is 5.56 Å². The minimum Gasteiger partial charge on any atom is -0.479 e. The number of aryl methyl sites for hydroxylation is 1. The fourth-order valence-corrected chi connectivity index (χ4v) is 1.05. The molecule has 0 aliphatic heterocycles. The van der Waals surface area contributed by atoms with Gasteiger partial charge >= 0.3 is 5.69 Å². The van der Waals surface area contributed by atoms with Crippen LogP contribution in [0.3, 0.4) is 0 Å². The van der Waals surface area contributed by atoms with Gasteiger partial charge < -0.3 is 10.5 Å². The van der Waals surface area contributed by atoms with Gasteiger partial charge in [-0.3, -0.25) is 15.5 Å². The number of benzene rings is 1. The highest BCUT2D eigenvalue weighted by Crippen LogP contribution is 2.27. The molecule has 6 heteroatoms. The number of ether oxygens (including phenoxy) is 1. The van der Waals surface area contributed by atoms with Crippen molar-refractivity contribution in [3.63, 3.8) is 0 Å². The second kappa shape index (κ2) is 4.41. The Hall–Kier alpha value is -2.11. The lowest BCUT2D eigenvalue weighted by Gasteiger charge is -2.05. The first-order valence-electron chi connectivity index (χ1n) is 4.21. The van der Waals surface area contributed by atoms with Gasteiger partial charge in [-0.1, -0.05) is 6.07 Å². The fraction of sp³-hybridized carbons (Fsp3) is 0.222. The summed E-state index contributed by atoms with van der Waals surface area (Å²) in [6.45, 7) is 1.60. The van der Waals surface area contributed by atoms with Gasteiger partial charge in [-0.25, -0.2) is 0 Å². The summed E-state index contributed by atoms with van der Waals surface area (Å²) in [6.07, 6.45) is 0. The molecule has 0 fully saturated rings. The van der Waals surface area contributed by atoms with Crippen LogP contribution in [-0.2, 0) is 0 Å². The molecule has 0 amide bonds. The predicted octanol–water partition coefficient (Wildman–Crippen LogP) is 1.22. The van der Waals surface area contributed by atoms with Gasteiger partial charge in [0, 0.05) is 6.07 Å². The van der Waals surface area contributed by atoms with Gasteiger partial charge in [0.2, 0.25) is 0 Å². The first-order chi connectivity index (χ1) is 7.00. The van der Waals surface area contributed by atoms with Crippen LogP contribution in [0.15, 0.2) is 18.2 Å². The quantitative estimate of drug-likeness (QED) is 0.336. The lowest BCUT2D eigenvalue weighted by Crippen LogP contribution is -2.19. The van der Waals surface area contributed by atoms with Crippen LogP contribution < -0.4 is 10.5 Å². The van der Waals surface area contributed by atoms with E-state index in [4.69, 9.17) is 15.9 Å². The number of amidine groups is 1. The summed E-state index contributed by atoms with van der Waals surface area (Å²) in [4.78, 5) is 10.1. The first kappa shape index (κ1) is 11.0. The van der Waals surface area contributed by atoms with Gasteiger partial charge in [0.25, 0.3) is 0 Å². The molecule has 0 unspecified atom stereocenters. The molecule has 0 aromatic heterocycles. The normalized spacial score (nSPS) is 9.67. The summed E-state index contributed by atoms with van der Waals surface area (Å²) in [5.41, 5.74) is 5.75. The standard InChI is InChI=1S/C9H11N3O3/c1-6-2-3-8(15-5-9(10)11)7(4-6)12(13)14/h2-4H,5H2,1H3,(H3,10,11). The van der Waals surface area contributed by atoms with Crippen LogP contribution in [0.4, 0.5) is 5.69 Å². The maximum atomic E-state index is 10.7. The molecule has 0 heterocycles. The molecule has 0 atom stereocenters. The molecular weight excluding hydrogens is 198 g/mol. The topological polar surface area (TPSA) is 102 Å². The van der Waals surface area contributed by atoms with Gasteiger partial charge in [-0.2, -0.15) is 0 Å². The molecule has 1 aromatic rings. The first-order valence-corrected chi connectivity index (χ1v) is 4.21. The van der Waals surface area contributed by atoms with Crippen LogP contribution in [-0.4, -0.2) is 17.4 Å². The second-order valence-electron chi connectivity index (χ2n) is 3.04. The van der Waals surface area contributed by atoms with E-state index in [0.29, 0.717) is 0 Å². The molecule has 0 radical (unpaired) electrons. The third kappa shape index (κ3) is 2.94. The molecule has 0 spiro atoms. The number of nitrogens with zero attached hydrogens (tertiary/aromatic N) is 1. The summed E-state index contributed by atoms with van der Waals surface area (Å²) < 4.78 is 5.02. The molecule has 0 bridgehead atoms. The van der Waals surface area contributed by atoms with E-state index in [0.717, 1.165) is 5.56 Å². The maximum absolute atomic E-state index is 10.7. The highest BCUT2D eigenvalue weighted by atomic mass is 16.6. The second-order valence-corrected chi connectivity index (χ2v) is 3.04. The Balaban J connectivity index is 2.95. The van der Waals surface area contributed by atoms with Crippen LogP contribution in [0.25, 0.3) is 0 Å². The molecule has 0 aliphatic rings. The van der Waals surface area contributed by atoms with E-state index in [-0.39, 0.29) is 23.9 Å². The summed E-state index contributed by atoms with van der Waals surface area (Å²) in [5.74, 6) is -0.0503. The van der Waals surface area contributed by atoms with Crippen LogP contribution in [0.5, 0.6) is 5.75 Å². The van der Waals surface area contributed by atoms with Crippen molar-refractivity contribution in [1.29, 1.82) is 5.41 Å². The van der Waals surface area contributed by atoms with Gasteiger partial charge in [0.1, 0.15) is 12.4 Å². The molecule has 3 N–H and O–H groups in total. The average Bonchev–Trinajstić information content (AvgIpc) is 2.15. The lowest BCUT2D eigenvalue weighted by molar-refractivity contribution is -0.385. The van der Waals surface area contributed by atoms with Crippen molar-refractivity contribution in [3.05, 3.63) is 33.9 Å². The number of hydrogen-bond acceptors (Lipinski definition) is 4. The molecule has 0 saturated carbocycles. The van der Waals surface area contributed by atoms with E-state index in [1.807, 2.05) is 0 Å². The third-order valence-electron chi connectivity index (χ3n) is 1.69. The molecule has 6 nitrogen and oxygen atoms in total. The Bertz CT molecular complexity index is 404. The van der Waals surface area contributed by atoms with Gasteiger partial charge in [-0.05, 0) is 18.6 Å². The van der Waals surface area contributed by atoms with Gasteiger partial charge in [-0.15, -0.1) is 0 Å². The van der Waals surface area contributed by atoms with E-state index in [1.165, 1.54) is 12.1 Å². The highest BCUT2D eigenvalue weighted by Gasteiger charge is 2.14. The smallest absolute Gasteiger partial charge is 0.311 e. The number of nitrogens with two attached hydrogens (primary N) is 1. The Kier molecular flexibility index (Phi) is 3.22. The van der Waals surface area contributed by atoms with Gasteiger partial charge in [0.15, 0.2) is 5.75 Å². The Morgan fingerprint density at radius 2 is 2.33 bits per heavy atom. The number of nitro benzene ring substituents is 1. The average molecular weight is 209 g/mol. The number of nitrogens with one attached hydrogen (secondary N) is 1. The summed E-state index contributed by atoms with van der Waals surface area (Å²) >= 11 is 0. The van der Waals surface area contributed by atoms with E-state index < -0.39 is 4.92 Å². The monoisotopic (exact) mass is 209 g/mol. The minimum absolute atomic E-state index is 0.115. The number of nitro groups is 1. The fourth-order valence-electron chi connectivity index (χ4n) is 1.05. The SMILES string of the molecule is Cc1ccc(OCC(=N)N)c([N+](=O)[O-])c1. The summed E-state index contributed by atoms with van der Waals surface area (Å²) in [6, 6.07) is 4.61. The largest absolute Gasteiger partial charge is 0.479 e. The molecule has 80 valence electrons. The van der Waals surface area contributed by atoms with Gasteiger partial charge in [0.05, 0.1) is 4.92 Å². The highest BCUT2D eigenvalue weighted by molar-refractivity contribution is 5.78. The van der Waals surface area contributed by atoms with Crippen LogP contribution >= 0.6 is 0 Å². The van der Waals surface area contributed by atoms with Crippen molar-refractivity contribution < 1.29 is 9.66 Å². The number of rotatable bonds is 4. The zero-order chi connectivity index (χ0) is 11.4. The van der Waals surface area contributed by atoms with Crippen LogP contribution in [0.2, 0.25) is 0 Å². The third-order valence-corrected chi connectivity index (χ3v) is 1.69. The summed E-state index contributed by atoms with van der Waals surface area (Å²) in [5, 5.41) is 17.6. The lowest BCUT2D eigenvalue weighted by atomic mass is 10.2. The Morgan fingerprint density at radius 1 is 1.67 bits per heavy atom. The molecule has 1 aromatic carbocycles. The van der Waals surface area contributed by atoms with Crippen molar-refractivity contribution in [2.75, 3.05) is 6.61 Å². The summed E-state index contributed by atoms with van der Waals surface area (Å²) in [7, 11) is 0.